The lowest BCUT2D eigenvalue weighted by Gasteiger charge is -2.06. The summed E-state index contributed by atoms with van der Waals surface area (Å²) in [6, 6.07) is 17.6. The lowest BCUT2D eigenvalue weighted by Crippen LogP contribution is -2.23. The van der Waals surface area contributed by atoms with Gasteiger partial charge in [-0.1, -0.05) is 46.1 Å². The first-order valence-electron chi connectivity index (χ1n) is 8.81. The highest BCUT2D eigenvalue weighted by atomic mass is 79.9. The lowest BCUT2D eigenvalue weighted by atomic mass is 10.1. The van der Waals surface area contributed by atoms with Crippen LogP contribution in [0.15, 0.2) is 71.3 Å². The van der Waals surface area contributed by atoms with Gasteiger partial charge in [-0.3, -0.25) is 4.79 Å². The number of carbonyl (C=O) groups is 2. The third-order valence-electron chi connectivity index (χ3n) is 4.07. The minimum absolute atomic E-state index is 0.209. The molecule has 0 radical (unpaired) electrons. The smallest absolute Gasteiger partial charge is 0.335 e. The Bertz CT molecular complexity index is 1100. The topological polar surface area (TPSA) is 79.3 Å². The van der Waals surface area contributed by atoms with Gasteiger partial charge in [-0.25, -0.2) is 9.78 Å². The molecule has 0 aliphatic heterocycles. The van der Waals surface area contributed by atoms with Crippen LogP contribution in [0, 0.1) is 11.8 Å². The fraction of sp³-hybridized carbons (Fsp3) is 0.0870. The molecule has 0 aliphatic rings. The Morgan fingerprint density at radius 2 is 1.79 bits per heavy atom. The molecular formula is C23H17BrN2O3. The molecule has 1 amide bonds. The summed E-state index contributed by atoms with van der Waals surface area (Å²) in [5.74, 6) is 4.83. The van der Waals surface area contributed by atoms with Gasteiger partial charge in [-0.05, 0) is 53.4 Å². The third kappa shape index (κ3) is 6.03. The molecule has 0 unspecified atom stereocenters. The average molecular weight is 449 g/mol. The van der Waals surface area contributed by atoms with E-state index in [1.807, 2.05) is 24.3 Å². The van der Waals surface area contributed by atoms with Crippen molar-refractivity contribution < 1.29 is 14.7 Å². The van der Waals surface area contributed by atoms with Crippen molar-refractivity contribution in [1.29, 1.82) is 0 Å². The summed E-state index contributed by atoms with van der Waals surface area (Å²) in [5.41, 5.74) is 3.11. The Kier molecular flexibility index (Phi) is 6.77. The van der Waals surface area contributed by atoms with Gasteiger partial charge < -0.3 is 10.4 Å². The van der Waals surface area contributed by atoms with E-state index in [9.17, 15) is 9.59 Å². The van der Waals surface area contributed by atoms with E-state index in [2.05, 4.69) is 38.1 Å². The first-order chi connectivity index (χ1) is 14.0. The number of amides is 1. The number of carbonyl (C=O) groups excluding carboxylic acids is 1. The van der Waals surface area contributed by atoms with Crippen molar-refractivity contribution in [3.63, 3.8) is 0 Å². The molecule has 3 aromatic rings. The summed E-state index contributed by atoms with van der Waals surface area (Å²) in [6.07, 6.45) is 2.14. The molecule has 0 saturated heterocycles. The molecule has 1 heterocycles. The van der Waals surface area contributed by atoms with Gasteiger partial charge in [-0.2, -0.15) is 0 Å². The Morgan fingerprint density at radius 3 is 2.52 bits per heavy atom. The minimum Gasteiger partial charge on any atom is -0.478 e. The molecule has 2 N–H and O–H groups in total. The lowest BCUT2D eigenvalue weighted by molar-refractivity contribution is 0.0696. The molecule has 0 fully saturated rings. The molecule has 2 aromatic carbocycles. The zero-order valence-electron chi connectivity index (χ0n) is 15.4. The van der Waals surface area contributed by atoms with Crippen molar-refractivity contribution in [2.45, 2.75) is 13.0 Å². The summed E-state index contributed by atoms with van der Waals surface area (Å²) in [5, 5.41) is 11.7. The van der Waals surface area contributed by atoms with Gasteiger partial charge in [0, 0.05) is 29.2 Å². The number of rotatable bonds is 5. The predicted octanol–water partition coefficient (Wildman–Crippen LogP) is 4.07. The highest BCUT2D eigenvalue weighted by Gasteiger charge is 2.07. The maximum Gasteiger partial charge on any atom is 0.335 e. The number of pyridine rings is 1. The normalized spacial score (nSPS) is 9.97. The first-order valence-corrected chi connectivity index (χ1v) is 9.60. The molecule has 29 heavy (non-hydrogen) atoms. The number of nitrogens with zero attached hydrogens (tertiary/aromatic N) is 1. The van der Waals surface area contributed by atoms with E-state index in [1.165, 1.54) is 12.1 Å². The zero-order chi connectivity index (χ0) is 20.6. The van der Waals surface area contributed by atoms with Crippen LogP contribution in [-0.4, -0.2) is 22.0 Å². The van der Waals surface area contributed by atoms with E-state index in [1.54, 1.807) is 30.5 Å². The number of hydrogen-bond acceptors (Lipinski definition) is 3. The van der Waals surface area contributed by atoms with E-state index in [0.29, 0.717) is 24.2 Å². The van der Waals surface area contributed by atoms with Crippen LogP contribution in [0.2, 0.25) is 0 Å². The molecule has 0 saturated carbocycles. The van der Waals surface area contributed by atoms with Crippen molar-refractivity contribution in [3.05, 3.63) is 99.3 Å². The standard InChI is InChI=1S/C23H17BrN2O3/c24-20-5-1-3-16(13-20)4-2-6-21-14-19(11-12-25-21)22(27)26-15-17-7-9-18(10-8-17)23(28)29/h1,3,5,7-14H,4,15H2,(H,26,27)(H,28,29). The fourth-order valence-corrected chi connectivity index (χ4v) is 3.02. The second-order valence-electron chi connectivity index (χ2n) is 6.22. The molecule has 6 heteroatoms. The summed E-state index contributed by atoms with van der Waals surface area (Å²) in [6.45, 7) is 0.297. The second-order valence-corrected chi connectivity index (χ2v) is 7.14. The monoisotopic (exact) mass is 448 g/mol. The zero-order valence-corrected chi connectivity index (χ0v) is 16.9. The fourth-order valence-electron chi connectivity index (χ4n) is 2.57. The maximum absolute atomic E-state index is 12.4. The van der Waals surface area contributed by atoms with Crippen molar-refractivity contribution in [2.75, 3.05) is 0 Å². The molecule has 0 bridgehead atoms. The van der Waals surface area contributed by atoms with Crippen LogP contribution >= 0.6 is 15.9 Å². The molecule has 3 rings (SSSR count). The first kappa shape index (κ1) is 20.3. The second kappa shape index (κ2) is 9.67. The molecule has 0 spiro atoms. The highest BCUT2D eigenvalue weighted by Crippen LogP contribution is 2.12. The van der Waals surface area contributed by atoms with Gasteiger partial charge in [0.15, 0.2) is 0 Å². The maximum atomic E-state index is 12.4. The molecule has 144 valence electrons. The van der Waals surface area contributed by atoms with Crippen LogP contribution in [0.4, 0.5) is 0 Å². The van der Waals surface area contributed by atoms with Gasteiger partial charge in [0.25, 0.3) is 5.91 Å². The summed E-state index contributed by atoms with van der Waals surface area (Å²) >= 11 is 3.43. The number of carboxylic acid groups (broad SMARTS) is 1. The summed E-state index contributed by atoms with van der Waals surface area (Å²) in [4.78, 5) is 27.5. The largest absolute Gasteiger partial charge is 0.478 e. The molecule has 1 aromatic heterocycles. The molecule has 0 atom stereocenters. The quantitative estimate of drug-likeness (QED) is 0.576. The van der Waals surface area contributed by atoms with Crippen LogP contribution in [0.3, 0.4) is 0 Å². The third-order valence-corrected chi connectivity index (χ3v) is 4.57. The van der Waals surface area contributed by atoms with Gasteiger partial charge in [0.05, 0.1) is 5.56 Å². The van der Waals surface area contributed by atoms with Crippen LogP contribution in [-0.2, 0) is 13.0 Å². The number of aromatic carboxylic acids is 1. The van der Waals surface area contributed by atoms with Gasteiger partial charge in [0.2, 0.25) is 0 Å². The Hall–Kier alpha value is -3.43. The number of halogens is 1. The number of carboxylic acids is 1. The van der Waals surface area contributed by atoms with E-state index >= 15 is 0 Å². The van der Waals surface area contributed by atoms with Crippen LogP contribution in [0.5, 0.6) is 0 Å². The minimum atomic E-state index is -0.981. The predicted molar refractivity (Wildman–Crippen MR) is 114 cm³/mol. The van der Waals surface area contributed by atoms with Crippen molar-refractivity contribution >= 4 is 27.8 Å². The van der Waals surface area contributed by atoms with Crippen LogP contribution in [0.1, 0.15) is 37.5 Å². The van der Waals surface area contributed by atoms with E-state index in [4.69, 9.17) is 5.11 Å². The van der Waals surface area contributed by atoms with Gasteiger partial charge >= 0.3 is 5.97 Å². The van der Waals surface area contributed by atoms with Crippen LogP contribution < -0.4 is 5.32 Å². The van der Waals surface area contributed by atoms with Crippen molar-refractivity contribution in [3.8, 4) is 11.8 Å². The summed E-state index contributed by atoms with van der Waals surface area (Å²) < 4.78 is 1.01. The van der Waals surface area contributed by atoms with E-state index < -0.39 is 5.97 Å². The van der Waals surface area contributed by atoms with Crippen molar-refractivity contribution in [2.24, 2.45) is 0 Å². The van der Waals surface area contributed by atoms with Gasteiger partial charge in [0.1, 0.15) is 5.69 Å². The van der Waals surface area contributed by atoms with Gasteiger partial charge in [-0.15, -0.1) is 0 Å². The Labute approximate surface area is 176 Å². The molecule has 5 nitrogen and oxygen atoms in total. The SMILES string of the molecule is O=C(O)c1ccc(CNC(=O)c2ccnc(C#CCc3cccc(Br)c3)c2)cc1. The van der Waals surface area contributed by atoms with E-state index in [-0.39, 0.29) is 11.5 Å². The number of nitrogens with one attached hydrogen (secondary N) is 1. The molecule has 0 aliphatic carbocycles. The highest BCUT2D eigenvalue weighted by molar-refractivity contribution is 9.10. The molecular weight excluding hydrogens is 432 g/mol. The average Bonchev–Trinajstić information content (AvgIpc) is 2.72. The van der Waals surface area contributed by atoms with E-state index in [0.717, 1.165) is 15.6 Å². The Balaban J connectivity index is 1.60. The number of benzene rings is 2. The van der Waals surface area contributed by atoms with Crippen molar-refractivity contribution in [1.82, 2.24) is 10.3 Å². The van der Waals surface area contributed by atoms with Crippen LogP contribution in [0.25, 0.3) is 0 Å². The number of hydrogen-bond donors (Lipinski definition) is 2. The Morgan fingerprint density at radius 1 is 1.00 bits per heavy atom. The summed E-state index contributed by atoms with van der Waals surface area (Å²) in [7, 11) is 0. The number of aromatic nitrogens is 1.